The molecule has 0 bridgehead atoms. The molecule has 25 heavy (non-hydrogen) atoms. The van der Waals surface area contributed by atoms with Crippen LogP contribution in [0.15, 0.2) is 0 Å². The summed E-state index contributed by atoms with van der Waals surface area (Å²) in [6.07, 6.45) is 8.06. The minimum atomic E-state index is -0.421. The molecule has 0 radical (unpaired) electrons. The number of carbonyl (C=O) groups is 1. The highest BCUT2D eigenvalue weighted by atomic mass is 16.6. The van der Waals surface area contributed by atoms with E-state index >= 15 is 0 Å². The van der Waals surface area contributed by atoms with Crippen LogP contribution in [0.2, 0.25) is 0 Å². The van der Waals surface area contributed by atoms with E-state index in [0.717, 1.165) is 38.1 Å². The molecule has 1 saturated heterocycles. The number of amides is 1. The quantitative estimate of drug-likeness (QED) is 0.717. The van der Waals surface area contributed by atoms with E-state index in [1.165, 1.54) is 38.9 Å². The summed E-state index contributed by atoms with van der Waals surface area (Å²) in [4.78, 5) is 14.5. The lowest BCUT2D eigenvalue weighted by Gasteiger charge is -2.32. The third kappa shape index (κ3) is 8.41. The second-order valence-electron chi connectivity index (χ2n) is 9.03. The smallest absolute Gasteiger partial charge is 0.407 e. The molecule has 2 rings (SSSR count). The summed E-state index contributed by atoms with van der Waals surface area (Å²) in [6.45, 7) is 13.0. The van der Waals surface area contributed by atoms with Crippen LogP contribution in [-0.4, -0.2) is 54.9 Å². The molecule has 2 fully saturated rings. The number of carbonyl (C=O) groups excluding carboxylic acids is 1. The number of hydrogen-bond donors (Lipinski definition) is 2. The zero-order valence-electron chi connectivity index (χ0n) is 16.8. The van der Waals surface area contributed by atoms with Gasteiger partial charge in [-0.3, -0.25) is 0 Å². The van der Waals surface area contributed by atoms with Crippen molar-refractivity contribution in [1.29, 1.82) is 0 Å². The summed E-state index contributed by atoms with van der Waals surface area (Å²) in [6, 6.07) is 0.876. The van der Waals surface area contributed by atoms with Gasteiger partial charge in [0.2, 0.25) is 0 Å². The van der Waals surface area contributed by atoms with Crippen molar-refractivity contribution < 1.29 is 9.53 Å². The summed E-state index contributed by atoms with van der Waals surface area (Å²) in [5.74, 6) is 0.916. The molecule has 0 aromatic rings. The number of piperidine rings is 1. The molecule has 1 aliphatic heterocycles. The van der Waals surface area contributed by atoms with Gasteiger partial charge in [0.25, 0.3) is 0 Å². The number of alkyl carbamates (subject to hydrolysis) is 1. The van der Waals surface area contributed by atoms with Gasteiger partial charge in [-0.2, -0.15) is 0 Å². The first-order valence-corrected chi connectivity index (χ1v) is 10.3. The maximum atomic E-state index is 11.8. The Balaban J connectivity index is 1.51. The summed E-state index contributed by atoms with van der Waals surface area (Å²) < 4.78 is 5.34. The Labute approximate surface area is 154 Å². The topological polar surface area (TPSA) is 53.6 Å². The van der Waals surface area contributed by atoms with E-state index in [1.807, 2.05) is 20.8 Å². The van der Waals surface area contributed by atoms with Crippen molar-refractivity contribution in [2.75, 3.05) is 26.2 Å². The predicted molar refractivity (Wildman–Crippen MR) is 103 cm³/mol. The molecule has 0 aromatic carbocycles. The molecule has 0 unspecified atom stereocenters. The Morgan fingerprint density at radius 2 is 1.64 bits per heavy atom. The van der Waals surface area contributed by atoms with E-state index in [0.29, 0.717) is 6.04 Å². The van der Waals surface area contributed by atoms with Crippen molar-refractivity contribution in [3.63, 3.8) is 0 Å². The maximum absolute atomic E-state index is 11.8. The highest BCUT2D eigenvalue weighted by molar-refractivity contribution is 5.68. The predicted octanol–water partition coefficient (Wildman–Crippen LogP) is 3.53. The van der Waals surface area contributed by atoms with Gasteiger partial charge in [0.15, 0.2) is 0 Å². The summed E-state index contributed by atoms with van der Waals surface area (Å²) in [7, 11) is 0. The van der Waals surface area contributed by atoms with Crippen molar-refractivity contribution in [3.8, 4) is 0 Å². The largest absolute Gasteiger partial charge is 0.444 e. The normalized spacial score (nSPS) is 26.4. The zero-order chi connectivity index (χ0) is 18.3. The average Bonchev–Trinajstić information content (AvgIpc) is 2.53. The third-order valence-corrected chi connectivity index (χ3v) is 5.41. The van der Waals surface area contributed by atoms with E-state index in [1.54, 1.807) is 0 Å². The van der Waals surface area contributed by atoms with E-state index < -0.39 is 5.60 Å². The number of nitrogens with zero attached hydrogens (tertiary/aromatic N) is 1. The molecular formula is C20H39N3O2. The number of nitrogens with one attached hydrogen (secondary N) is 2. The van der Waals surface area contributed by atoms with Crippen LogP contribution in [0.1, 0.15) is 72.6 Å². The van der Waals surface area contributed by atoms with Crippen molar-refractivity contribution >= 4 is 6.09 Å². The number of ether oxygens (including phenoxy) is 1. The first kappa shape index (κ1) is 20.5. The van der Waals surface area contributed by atoms with Gasteiger partial charge in [-0.15, -0.1) is 0 Å². The molecule has 1 amide bonds. The lowest BCUT2D eigenvalue weighted by Crippen LogP contribution is -2.44. The SMILES string of the molecule is CC1CCN(CCCNC2CCC(NC(=O)OC(C)(C)C)CC2)CC1. The molecule has 5 heteroatoms. The molecule has 1 heterocycles. The van der Waals surface area contributed by atoms with Crippen LogP contribution >= 0.6 is 0 Å². The highest BCUT2D eigenvalue weighted by Gasteiger charge is 2.24. The number of rotatable bonds is 6. The van der Waals surface area contributed by atoms with Crippen LogP contribution in [0.4, 0.5) is 4.79 Å². The second-order valence-corrected chi connectivity index (χ2v) is 9.03. The van der Waals surface area contributed by atoms with E-state index in [4.69, 9.17) is 4.74 Å². The fraction of sp³-hybridized carbons (Fsp3) is 0.950. The van der Waals surface area contributed by atoms with Crippen LogP contribution in [-0.2, 0) is 4.74 Å². The Kier molecular flexibility index (Phi) is 8.01. The minimum absolute atomic E-state index is 0.267. The molecule has 0 spiro atoms. The van der Waals surface area contributed by atoms with Crippen LogP contribution < -0.4 is 10.6 Å². The molecule has 2 N–H and O–H groups in total. The van der Waals surface area contributed by atoms with Gasteiger partial charge in [-0.05, 0) is 97.8 Å². The Morgan fingerprint density at radius 1 is 1.04 bits per heavy atom. The van der Waals surface area contributed by atoms with Crippen LogP contribution in [0, 0.1) is 5.92 Å². The van der Waals surface area contributed by atoms with Crippen LogP contribution in [0.3, 0.4) is 0 Å². The van der Waals surface area contributed by atoms with Gasteiger partial charge in [0.05, 0.1) is 0 Å². The van der Waals surface area contributed by atoms with Gasteiger partial charge in [-0.25, -0.2) is 4.79 Å². The Morgan fingerprint density at radius 3 is 2.24 bits per heavy atom. The molecule has 0 aromatic heterocycles. The van der Waals surface area contributed by atoms with Crippen LogP contribution in [0.25, 0.3) is 0 Å². The Bertz CT molecular complexity index is 392. The van der Waals surface area contributed by atoms with Gasteiger partial charge in [-0.1, -0.05) is 6.92 Å². The average molecular weight is 354 g/mol. The molecule has 1 aliphatic carbocycles. The van der Waals surface area contributed by atoms with Crippen molar-refractivity contribution in [2.45, 2.75) is 90.3 Å². The molecular weight excluding hydrogens is 314 g/mol. The first-order chi connectivity index (χ1) is 11.8. The lowest BCUT2D eigenvalue weighted by molar-refractivity contribution is 0.0489. The minimum Gasteiger partial charge on any atom is -0.444 e. The lowest BCUT2D eigenvalue weighted by atomic mass is 9.91. The molecule has 5 nitrogen and oxygen atoms in total. The second kappa shape index (κ2) is 9.77. The maximum Gasteiger partial charge on any atom is 0.407 e. The monoisotopic (exact) mass is 353 g/mol. The van der Waals surface area contributed by atoms with Crippen molar-refractivity contribution in [1.82, 2.24) is 15.5 Å². The number of hydrogen-bond acceptors (Lipinski definition) is 4. The van der Waals surface area contributed by atoms with E-state index in [-0.39, 0.29) is 12.1 Å². The summed E-state index contributed by atoms with van der Waals surface area (Å²) >= 11 is 0. The molecule has 1 saturated carbocycles. The summed E-state index contributed by atoms with van der Waals surface area (Å²) in [5, 5.41) is 6.73. The van der Waals surface area contributed by atoms with E-state index in [9.17, 15) is 4.79 Å². The fourth-order valence-corrected chi connectivity index (χ4v) is 3.81. The third-order valence-electron chi connectivity index (χ3n) is 5.41. The highest BCUT2D eigenvalue weighted by Crippen LogP contribution is 2.20. The van der Waals surface area contributed by atoms with Gasteiger partial charge in [0.1, 0.15) is 5.60 Å². The standard InChI is InChI=1S/C20H39N3O2/c1-16-10-14-23(15-11-16)13-5-12-21-17-6-8-18(9-7-17)22-19(24)25-20(2,3)4/h16-18,21H,5-15H2,1-4H3,(H,22,24). The van der Waals surface area contributed by atoms with Gasteiger partial charge < -0.3 is 20.3 Å². The van der Waals surface area contributed by atoms with Crippen LogP contribution in [0.5, 0.6) is 0 Å². The molecule has 2 aliphatic rings. The molecule has 0 atom stereocenters. The zero-order valence-corrected chi connectivity index (χ0v) is 16.8. The van der Waals surface area contributed by atoms with Crippen molar-refractivity contribution in [3.05, 3.63) is 0 Å². The number of likely N-dealkylation sites (tertiary alicyclic amines) is 1. The Hall–Kier alpha value is -0.810. The van der Waals surface area contributed by atoms with Gasteiger partial charge in [0, 0.05) is 12.1 Å². The molecule has 146 valence electrons. The fourth-order valence-electron chi connectivity index (χ4n) is 3.81. The van der Waals surface area contributed by atoms with Gasteiger partial charge >= 0.3 is 6.09 Å². The first-order valence-electron chi connectivity index (χ1n) is 10.3. The van der Waals surface area contributed by atoms with E-state index in [2.05, 4.69) is 22.5 Å². The summed E-state index contributed by atoms with van der Waals surface area (Å²) in [5.41, 5.74) is -0.421. The van der Waals surface area contributed by atoms with Crippen molar-refractivity contribution in [2.24, 2.45) is 5.92 Å².